The Kier molecular flexibility index (Phi) is 6.19. The topological polar surface area (TPSA) is 98.5 Å². The fraction of sp³-hybridized carbons (Fsp3) is 0.133. The number of hydrogen-bond acceptors (Lipinski definition) is 5. The molecule has 2 rings (SSSR count). The van der Waals surface area contributed by atoms with Crippen LogP contribution in [0.5, 0.6) is 0 Å². The summed E-state index contributed by atoms with van der Waals surface area (Å²) in [7, 11) is 0. The van der Waals surface area contributed by atoms with E-state index in [4.69, 9.17) is 33.7 Å². The number of halogens is 2. The minimum Gasteiger partial charge on any atom is -0.455 e. The molecule has 0 unspecified atom stereocenters. The Morgan fingerprint density at radius 3 is 2.62 bits per heavy atom. The van der Waals surface area contributed by atoms with E-state index in [1.807, 2.05) is 0 Å². The van der Waals surface area contributed by atoms with Crippen LogP contribution in [0.1, 0.15) is 15.9 Å². The van der Waals surface area contributed by atoms with Crippen LogP contribution in [-0.4, -0.2) is 24.4 Å². The fourth-order valence-electron chi connectivity index (χ4n) is 1.78. The number of nitrogens with one attached hydrogen (secondary N) is 1. The van der Waals surface area contributed by atoms with Gasteiger partial charge in [0.15, 0.2) is 6.61 Å². The molecule has 24 heavy (non-hydrogen) atoms. The number of anilines is 1. The van der Waals surface area contributed by atoms with Crippen LogP contribution in [0.25, 0.3) is 0 Å². The molecule has 0 saturated heterocycles. The zero-order chi connectivity index (χ0) is 17.7. The lowest BCUT2D eigenvalue weighted by atomic mass is 10.1. The molecule has 0 atom stereocenters. The SMILES string of the molecule is NC(=O)c1ccsc1NC(=O)COC(=O)Cc1ccc(Cl)cc1Cl. The van der Waals surface area contributed by atoms with Crippen molar-refractivity contribution in [1.29, 1.82) is 0 Å². The maximum atomic E-state index is 11.8. The lowest BCUT2D eigenvalue weighted by molar-refractivity contribution is -0.146. The average Bonchev–Trinajstić information content (AvgIpc) is 2.96. The summed E-state index contributed by atoms with van der Waals surface area (Å²) >= 11 is 12.9. The molecule has 9 heteroatoms. The molecule has 0 radical (unpaired) electrons. The lowest BCUT2D eigenvalue weighted by Crippen LogP contribution is -2.22. The van der Waals surface area contributed by atoms with E-state index >= 15 is 0 Å². The number of benzene rings is 1. The van der Waals surface area contributed by atoms with Crippen molar-refractivity contribution >= 4 is 57.3 Å². The van der Waals surface area contributed by atoms with Crippen LogP contribution in [-0.2, 0) is 20.7 Å². The third kappa shape index (κ3) is 4.95. The van der Waals surface area contributed by atoms with Gasteiger partial charge in [0, 0.05) is 10.0 Å². The quantitative estimate of drug-likeness (QED) is 0.745. The molecule has 126 valence electrons. The molecule has 2 aromatic rings. The molecule has 0 spiro atoms. The van der Waals surface area contributed by atoms with E-state index in [-0.39, 0.29) is 12.0 Å². The number of ether oxygens (including phenoxy) is 1. The Balaban J connectivity index is 1.86. The third-order valence-corrected chi connectivity index (χ3v) is 4.31. The second-order valence-corrected chi connectivity index (χ2v) is 6.41. The third-order valence-electron chi connectivity index (χ3n) is 2.90. The van der Waals surface area contributed by atoms with Gasteiger partial charge in [-0.15, -0.1) is 11.3 Å². The Bertz CT molecular complexity index is 792. The Hall–Kier alpha value is -2.09. The van der Waals surface area contributed by atoms with Crippen LogP contribution < -0.4 is 11.1 Å². The largest absolute Gasteiger partial charge is 0.455 e. The Labute approximate surface area is 151 Å². The van der Waals surface area contributed by atoms with Gasteiger partial charge in [-0.2, -0.15) is 0 Å². The highest BCUT2D eigenvalue weighted by molar-refractivity contribution is 7.14. The van der Waals surface area contributed by atoms with Gasteiger partial charge in [0.25, 0.3) is 11.8 Å². The number of primary amides is 1. The van der Waals surface area contributed by atoms with E-state index in [1.54, 1.807) is 17.5 Å². The summed E-state index contributed by atoms with van der Waals surface area (Å²) in [6, 6.07) is 6.22. The van der Waals surface area contributed by atoms with Crippen LogP contribution >= 0.6 is 34.5 Å². The van der Waals surface area contributed by atoms with Crippen molar-refractivity contribution in [1.82, 2.24) is 0 Å². The van der Waals surface area contributed by atoms with Gasteiger partial charge >= 0.3 is 5.97 Å². The smallest absolute Gasteiger partial charge is 0.310 e. The van der Waals surface area contributed by atoms with Crippen LogP contribution in [0.15, 0.2) is 29.6 Å². The van der Waals surface area contributed by atoms with Gasteiger partial charge in [0.1, 0.15) is 5.00 Å². The number of amides is 2. The highest BCUT2D eigenvalue weighted by Crippen LogP contribution is 2.23. The second kappa shape index (κ2) is 8.14. The minimum absolute atomic E-state index is 0.0885. The summed E-state index contributed by atoms with van der Waals surface area (Å²) in [5, 5.41) is 5.19. The van der Waals surface area contributed by atoms with E-state index in [9.17, 15) is 14.4 Å². The summed E-state index contributed by atoms with van der Waals surface area (Å²) in [6.07, 6.45) is -0.0885. The average molecular weight is 387 g/mol. The van der Waals surface area contributed by atoms with Crippen molar-refractivity contribution in [3.8, 4) is 0 Å². The molecule has 0 bridgehead atoms. The first kappa shape index (κ1) is 18.3. The molecule has 0 aliphatic carbocycles. The van der Waals surface area contributed by atoms with E-state index < -0.39 is 24.4 Å². The molecular formula is C15H12Cl2N2O4S. The van der Waals surface area contributed by atoms with Crippen LogP contribution in [0.3, 0.4) is 0 Å². The van der Waals surface area contributed by atoms with Crippen molar-refractivity contribution in [2.24, 2.45) is 5.73 Å². The first-order valence-electron chi connectivity index (χ1n) is 6.63. The number of carbonyl (C=O) groups excluding carboxylic acids is 3. The highest BCUT2D eigenvalue weighted by Gasteiger charge is 2.15. The number of thiophene rings is 1. The number of hydrogen-bond donors (Lipinski definition) is 2. The second-order valence-electron chi connectivity index (χ2n) is 4.65. The molecule has 3 N–H and O–H groups in total. The number of nitrogens with two attached hydrogens (primary N) is 1. The lowest BCUT2D eigenvalue weighted by Gasteiger charge is -2.07. The van der Waals surface area contributed by atoms with E-state index in [1.165, 1.54) is 12.1 Å². The molecule has 1 heterocycles. The summed E-state index contributed by atoms with van der Waals surface area (Å²) in [4.78, 5) is 34.7. The summed E-state index contributed by atoms with van der Waals surface area (Å²) in [5.41, 5.74) is 5.92. The van der Waals surface area contributed by atoms with Gasteiger partial charge < -0.3 is 15.8 Å². The molecule has 6 nitrogen and oxygen atoms in total. The Morgan fingerprint density at radius 1 is 1.21 bits per heavy atom. The normalized spacial score (nSPS) is 10.2. The van der Waals surface area contributed by atoms with Gasteiger partial charge in [-0.05, 0) is 29.1 Å². The zero-order valence-electron chi connectivity index (χ0n) is 12.2. The van der Waals surface area contributed by atoms with Crippen molar-refractivity contribution in [2.45, 2.75) is 6.42 Å². The first-order chi connectivity index (χ1) is 11.4. The molecule has 0 fully saturated rings. The van der Waals surface area contributed by atoms with Crippen molar-refractivity contribution in [3.05, 3.63) is 50.8 Å². The van der Waals surface area contributed by atoms with Crippen molar-refractivity contribution < 1.29 is 19.1 Å². The minimum atomic E-state index is -0.652. The van der Waals surface area contributed by atoms with E-state index in [0.29, 0.717) is 20.6 Å². The summed E-state index contributed by atoms with van der Waals surface area (Å²) in [5.74, 6) is -1.84. The Morgan fingerprint density at radius 2 is 1.96 bits per heavy atom. The standard InChI is InChI=1S/C15H12Cl2N2O4S/c16-9-2-1-8(11(17)6-9)5-13(21)23-7-12(20)19-15-10(14(18)22)3-4-24-15/h1-4,6H,5,7H2,(H2,18,22)(H,19,20). The van der Waals surface area contributed by atoms with Crippen LogP contribution in [0.4, 0.5) is 5.00 Å². The van der Waals surface area contributed by atoms with Crippen molar-refractivity contribution in [2.75, 3.05) is 11.9 Å². The summed E-state index contributed by atoms with van der Waals surface area (Å²) in [6.45, 7) is -0.486. The number of carbonyl (C=O) groups is 3. The van der Waals surface area contributed by atoms with Crippen LogP contribution in [0, 0.1) is 0 Å². The van der Waals surface area contributed by atoms with Gasteiger partial charge in [-0.25, -0.2) is 0 Å². The molecule has 1 aromatic heterocycles. The predicted molar refractivity (Wildman–Crippen MR) is 92.6 cm³/mol. The predicted octanol–water partition coefficient (Wildman–Crippen LogP) is 2.88. The number of rotatable bonds is 6. The van der Waals surface area contributed by atoms with E-state index in [2.05, 4.69) is 5.32 Å². The maximum Gasteiger partial charge on any atom is 0.310 e. The highest BCUT2D eigenvalue weighted by atomic mass is 35.5. The molecule has 0 aliphatic rings. The first-order valence-corrected chi connectivity index (χ1v) is 8.27. The molecule has 1 aromatic carbocycles. The van der Waals surface area contributed by atoms with Crippen LogP contribution in [0.2, 0.25) is 10.0 Å². The fourth-order valence-corrected chi connectivity index (χ4v) is 3.06. The van der Waals surface area contributed by atoms with Gasteiger partial charge in [0.2, 0.25) is 0 Å². The van der Waals surface area contributed by atoms with Crippen molar-refractivity contribution in [3.63, 3.8) is 0 Å². The zero-order valence-corrected chi connectivity index (χ0v) is 14.5. The maximum absolute atomic E-state index is 11.8. The molecule has 0 saturated carbocycles. The monoisotopic (exact) mass is 386 g/mol. The number of esters is 1. The van der Waals surface area contributed by atoms with Gasteiger partial charge in [-0.3, -0.25) is 14.4 Å². The molecular weight excluding hydrogens is 375 g/mol. The molecule has 0 aliphatic heterocycles. The molecule has 2 amide bonds. The van der Waals surface area contributed by atoms with E-state index in [0.717, 1.165) is 11.3 Å². The van der Waals surface area contributed by atoms with Gasteiger partial charge in [-0.1, -0.05) is 29.3 Å². The van der Waals surface area contributed by atoms with Gasteiger partial charge in [0.05, 0.1) is 12.0 Å². The summed E-state index contributed by atoms with van der Waals surface area (Å²) < 4.78 is 4.89.